The van der Waals surface area contributed by atoms with Crippen LogP contribution in [0, 0.1) is 5.41 Å². The summed E-state index contributed by atoms with van der Waals surface area (Å²) in [5.41, 5.74) is 0.658. The minimum absolute atomic E-state index is 0.658. The van der Waals surface area contributed by atoms with Crippen LogP contribution < -0.4 is 0 Å². The molecule has 0 heterocycles. The standard InChI is InChI=1S/C8H16BrN/c1-3-10(2)7-8(6-9)4-5-8/h3-7H2,1-2H3. The summed E-state index contributed by atoms with van der Waals surface area (Å²) >= 11 is 3.56. The van der Waals surface area contributed by atoms with Crippen LogP contribution >= 0.6 is 15.9 Å². The van der Waals surface area contributed by atoms with Gasteiger partial charge in [-0.15, -0.1) is 0 Å². The number of nitrogens with zero attached hydrogens (tertiary/aromatic N) is 1. The third-order valence-corrected chi connectivity index (χ3v) is 3.58. The summed E-state index contributed by atoms with van der Waals surface area (Å²) in [7, 11) is 2.20. The Labute approximate surface area is 71.9 Å². The number of alkyl halides is 1. The lowest BCUT2D eigenvalue weighted by molar-refractivity contribution is 0.291. The second-order valence-electron chi connectivity index (χ2n) is 3.46. The van der Waals surface area contributed by atoms with Gasteiger partial charge in [0.2, 0.25) is 0 Å². The van der Waals surface area contributed by atoms with Gasteiger partial charge in [0.05, 0.1) is 0 Å². The average Bonchev–Trinajstić information content (AvgIpc) is 2.70. The van der Waals surface area contributed by atoms with Crippen molar-refractivity contribution in [2.24, 2.45) is 5.41 Å². The molecule has 0 spiro atoms. The monoisotopic (exact) mass is 205 g/mol. The first-order valence-electron chi connectivity index (χ1n) is 3.97. The average molecular weight is 206 g/mol. The van der Waals surface area contributed by atoms with Crippen LogP contribution in [-0.4, -0.2) is 30.4 Å². The fourth-order valence-corrected chi connectivity index (χ4v) is 1.93. The van der Waals surface area contributed by atoms with Gasteiger partial charge in [-0.3, -0.25) is 0 Å². The summed E-state index contributed by atoms with van der Waals surface area (Å²) in [6.07, 6.45) is 2.84. The zero-order chi connectivity index (χ0) is 7.61. The second kappa shape index (κ2) is 3.22. The van der Waals surface area contributed by atoms with E-state index in [1.54, 1.807) is 0 Å². The molecule has 1 nitrogen and oxygen atoms in total. The van der Waals surface area contributed by atoms with Gasteiger partial charge >= 0.3 is 0 Å². The van der Waals surface area contributed by atoms with Crippen molar-refractivity contribution in [1.82, 2.24) is 4.90 Å². The highest BCUT2D eigenvalue weighted by Crippen LogP contribution is 2.47. The Morgan fingerprint density at radius 2 is 2.10 bits per heavy atom. The molecule has 1 fully saturated rings. The quantitative estimate of drug-likeness (QED) is 0.637. The topological polar surface area (TPSA) is 3.24 Å². The zero-order valence-electron chi connectivity index (χ0n) is 6.86. The predicted molar refractivity (Wildman–Crippen MR) is 48.6 cm³/mol. The first-order chi connectivity index (χ1) is 4.72. The maximum absolute atomic E-state index is 3.56. The maximum atomic E-state index is 3.56. The van der Waals surface area contributed by atoms with E-state index in [2.05, 4.69) is 34.8 Å². The molecule has 0 radical (unpaired) electrons. The van der Waals surface area contributed by atoms with Crippen LogP contribution in [0.5, 0.6) is 0 Å². The summed E-state index contributed by atoms with van der Waals surface area (Å²) in [6, 6.07) is 0. The lowest BCUT2D eigenvalue weighted by Gasteiger charge is -2.19. The van der Waals surface area contributed by atoms with Gasteiger partial charge in [0.1, 0.15) is 0 Å². The van der Waals surface area contributed by atoms with E-state index in [1.165, 1.54) is 31.3 Å². The molecule has 1 saturated carbocycles. The highest BCUT2D eigenvalue weighted by atomic mass is 79.9. The molecule has 0 unspecified atom stereocenters. The third-order valence-electron chi connectivity index (χ3n) is 2.39. The molecule has 0 aromatic rings. The summed E-state index contributed by atoms with van der Waals surface area (Å²) in [5, 5.41) is 1.18. The van der Waals surface area contributed by atoms with Crippen LogP contribution in [0.3, 0.4) is 0 Å². The summed E-state index contributed by atoms with van der Waals surface area (Å²) in [6.45, 7) is 4.66. The molecule has 10 heavy (non-hydrogen) atoms. The van der Waals surface area contributed by atoms with Gasteiger partial charge in [-0.1, -0.05) is 22.9 Å². The molecule has 2 heteroatoms. The largest absolute Gasteiger partial charge is 0.306 e. The molecule has 0 aliphatic heterocycles. The van der Waals surface area contributed by atoms with E-state index in [9.17, 15) is 0 Å². The fourth-order valence-electron chi connectivity index (χ4n) is 1.20. The highest BCUT2D eigenvalue weighted by molar-refractivity contribution is 9.09. The third kappa shape index (κ3) is 1.96. The molecule has 1 aliphatic carbocycles. The summed E-state index contributed by atoms with van der Waals surface area (Å²) in [5.74, 6) is 0. The first-order valence-corrected chi connectivity index (χ1v) is 5.09. The molecule has 0 saturated heterocycles. The number of hydrogen-bond acceptors (Lipinski definition) is 1. The lowest BCUT2D eigenvalue weighted by Crippen LogP contribution is -2.27. The molecular formula is C8H16BrN. The lowest BCUT2D eigenvalue weighted by atomic mass is 10.1. The van der Waals surface area contributed by atoms with Crippen molar-refractivity contribution >= 4 is 15.9 Å². The van der Waals surface area contributed by atoms with Gasteiger partial charge in [-0.2, -0.15) is 0 Å². The van der Waals surface area contributed by atoms with Crippen molar-refractivity contribution in [2.75, 3.05) is 25.5 Å². The van der Waals surface area contributed by atoms with E-state index in [1.807, 2.05) is 0 Å². The van der Waals surface area contributed by atoms with Crippen molar-refractivity contribution in [3.63, 3.8) is 0 Å². The van der Waals surface area contributed by atoms with Gasteiger partial charge < -0.3 is 4.90 Å². The van der Waals surface area contributed by atoms with Gasteiger partial charge in [0.15, 0.2) is 0 Å². The van der Waals surface area contributed by atoms with Crippen LogP contribution in [0.2, 0.25) is 0 Å². The smallest absolute Gasteiger partial charge is 0.0100 e. The Hall–Kier alpha value is 0.440. The molecular weight excluding hydrogens is 190 g/mol. The van der Waals surface area contributed by atoms with Crippen LogP contribution in [-0.2, 0) is 0 Å². The number of halogens is 1. The maximum Gasteiger partial charge on any atom is 0.0100 e. The molecule has 0 amide bonds. The van der Waals surface area contributed by atoms with E-state index >= 15 is 0 Å². The molecule has 0 bridgehead atoms. The van der Waals surface area contributed by atoms with E-state index in [0.29, 0.717) is 5.41 Å². The summed E-state index contributed by atoms with van der Waals surface area (Å²) in [4.78, 5) is 2.40. The second-order valence-corrected chi connectivity index (χ2v) is 4.02. The van der Waals surface area contributed by atoms with E-state index in [0.717, 1.165) is 0 Å². The van der Waals surface area contributed by atoms with Crippen LogP contribution in [0.15, 0.2) is 0 Å². The van der Waals surface area contributed by atoms with Gasteiger partial charge in [0, 0.05) is 11.9 Å². The highest BCUT2D eigenvalue weighted by Gasteiger charge is 2.41. The molecule has 0 aromatic carbocycles. The molecule has 1 rings (SSSR count). The van der Waals surface area contributed by atoms with E-state index in [-0.39, 0.29) is 0 Å². The SMILES string of the molecule is CCN(C)CC1(CBr)CC1. The number of hydrogen-bond donors (Lipinski definition) is 0. The van der Waals surface area contributed by atoms with Crippen molar-refractivity contribution in [1.29, 1.82) is 0 Å². The number of rotatable bonds is 4. The minimum Gasteiger partial charge on any atom is -0.306 e. The van der Waals surface area contributed by atoms with Crippen molar-refractivity contribution < 1.29 is 0 Å². The van der Waals surface area contributed by atoms with Crippen molar-refractivity contribution in [3.05, 3.63) is 0 Å². The Bertz CT molecular complexity index is 110. The van der Waals surface area contributed by atoms with Gasteiger partial charge in [-0.25, -0.2) is 0 Å². The van der Waals surface area contributed by atoms with E-state index < -0.39 is 0 Å². The summed E-state index contributed by atoms with van der Waals surface area (Å²) < 4.78 is 0. The van der Waals surface area contributed by atoms with E-state index in [4.69, 9.17) is 0 Å². The Kier molecular flexibility index (Phi) is 2.75. The molecule has 0 atom stereocenters. The Morgan fingerprint density at radius 3 is 2.40 bits per heavy atom. The molecule has 1 aliphatic rings. The molecule has 0 N–H and O–H groups in total. The molecule has 60 valence electrons. The predicted octanol–water partition coefficient (Wildman–Crippen LogP) is 2.11. The normalized spacial score (nSPS) is 21.6. The van der Waals surface area contributed by atoms with Crippen LogP contribution in [0.4, 0.5) is 0 Å². The fraction of sp³-hybridized carbons (Fsp3) is 1.00. The van der Waals surface area contributed by atoms with Crippen LogP contribution in [0.25, 0.3) is 0 Å². The van der Waals surface area contributed by atoms with Crippen molar-refractivity contribution in [3.8, 4) is 0 Å². The van der Waals surface area contributed by atoms with Gasteiger partial charge in [0.25, 0.3) is 0 Å². The Morgan fingerprint density at radius 1 is 1.50 bits per heavy atom. The first kappa shape index (κ1) is 8.54. The van der Waals surface area contributed by atoms with Crippen molar-refractivity contribution in [2.45, 2.75) is 19.8 Å². The van der Waals surface area contributed by atoms with Gasteiger partial charge in [-0.05, 0) is 31.8 Å². The molecule has 0 aromatic heterocycles. The Balaban J connectivity index is 2.23. The van der Waals surface area contributed by atoms with Crippen LogP contribution in [0.1, 0.15) is 19.8 Å². The zero-order valence-corrected chi connectivity index (χ0v) is 8.45. The minimum atomic E-state index is 0.658.